The molecule has 2 aromatic carbocycles. The first-order valence-corrected chi connectivity index (χ1v) is 25.6. The van der Waals surface area contributed by atoms with Gasteiger partial charge in [-0.1, -0.05) is 26.0 Å². The minimum atomic E-state index is -4.92. The second-order valence-electron chi connectivity index (χ2n) is 20.8. The molecule has 7 rings (SSSR count). The predicted molar refractivity (Wildman–Crippen MR) is 258 cm³/mol. The van der Waals surface area contributed by atoms with Crippen molar-refractivity contribution < 1.29 is 64.5 Å². The smallest absolute Gasteiger partial charge is 0.427 e. The standard InChI is InChI=1S/C51H66F3N5O11S/c1-28(2)68-33-16-14-31(15-17-33)41-42(67-9)37-23-34(66-8)18-19-36(37)45(56-41)69-35-24-39(43(55)60)59(27-35)46(62)40(57-47(63)70-48(5,6)51(52,53)54)30(4)22-29(3)12-10-11-13-32-25-50(32)26-38(50)44(61)58-71(64,65)49(7)20-21-49/h11,13-19,23,28-30,32,35,38-40H,10,12,20-22,24-27H2,1-9H3,(H2,55,60)(H,57,63)(H,58,61)/b13-11-/t29-,30-,32-,35-,38?,39+,40+,50-/m1/s1. The van der Waals surface area contributed by atoms with E-state index >= 15 is 0 Å². The number of aromatic nitrogens is 1. The van der Waals surface area contributed by atoms with E-state index in [0.717, 1.165) is 6.42 Å². The minimum absolute atomic E-state index is 0.0506. The number of halogens is 3. The normalized spacial score (nSPS) is 23.8. The molecular weight excluding hydrogens is 948 g/mol. The maximum atomic E-state index is 14.7. The van der Waals surface area contributed by atoms with Gasteiger partial charge < -0.3 is 39.6 Å². The van der Waals surface area contributed by atoms with E-state index in [-0.39, 0.29) is 48.1 Å². The fourth-order valence-corrected chi connectivity index (χ4v) is 11.0. The van der Waals surface area contributed by atoms with Crippen LogP contribution in [-0.2, 0) is 29.1 Å². The van der Waals surface area contributed by atoms with Crippen molar-refractivity contribution in [2.75, 3.05) is 20.8 Å². The molecule has 1 saturated heterocycles. The summed E-state index contributed by atoms with van der Waals surface area (Å²) < 4.78 is 97.0. The third-order valence-electron chi connectivity index (χ3n) is 14.5. The number of alkyl halides is 3. The molecule has 71 heavy (non-hydrogen) atoms. The van der Waals surface area contributed by atoms with Crippen LogP contribution in [0.25, 0.3) is 22.0 Å². The summed E-state index contributed by atoms with van der Waals surface area (Å²) in [5.74, 6) is -1.21. The van der Waals surface area contributed by atoms with Crippen molar-refractivity contribution in [1.29, 1.82) is 0 Å². The van der Waals surface area contributed by atoms with Crippen molar-refractivity contribution >= 4 is 44.6 Å². The first-order valence-electron chi connectivity index (χ1n) is 24.1. The Labute approximate surface area is 412 Å². The fourth-order valence-electron chi connectivity index (χ4n) is 9.67. The SMILES string of the molecule is COc1ccc2c(O[C@@H]3C[C@@H](C(N)=O)N(C(=O)[C@@H](NC(=O)OC(C)(C)C(F)(F)F)[C@H](C)C[C@H](C)CC/C=C\[C@@H]4C[C@@]45CC5C(=O)NS(=O)(=O)C4(C)CC4)C3)nc(-c3ccc(OC(C)C)cc3)c(OC)c2c1. The number of rotatable bonds is 21. The van der Waals surface area contributed by atoms with Gasteiger partial charge in [0.1, 0.15) is 35.4 Å². The number of carbonyl (C=O) groups excluding carboxylic acids is 4. The van der Waals surface area contributed by atoms with Crippen molar-refractivity contribution in [2.24, 2.45) is 34.8 Å². The van der Waals surface area contributed by atoms with Gasteiger partial charge in [0.05, 0.1) is 31.6 Å². The van der Waals surface area contributed by atoms with Crippen molar-refractivity contribution in [2.45, 2.75) is 141 Å². The molecule has 16 nitrogen and oxygen atoms in total. The van der Waals surface area contributed by atoms with Crippen LogP contribution in [0.4, 0.5) is 18.0 Å². The number of nitrogens with zero attached hydrogens (tertiary/aromatic N) is 2. The molecule has 3 aromatic rings. The van der Waals surface area contributed by atoms with Crippen LogP contribution < -0.4 is 34.7 Å². The number of primary amides is 1. The fraction of sp³-hybridized carbons (Fsp3) is 0.588. The van der Waals surface area contributed by atoms with E-state index in [0.29, 0.717) is 91.7 Å². The number of methoxy groups -OCH3 is 2. The largest absolute Gasteiger partial charge is 0.497 e. The maximum absolute atomic E-state index is 14.7. The molecule has 4 N–H and O–H groups in total. The Hall–Kier alpha value is -5.79. The van der Waals surface area contributed by atoms with Gasteiger partial charge in [0, 0.05) is 28.7 Å². The van der Waals surface area contributed by atoms with Crippen LogP contribution in [0.3, 0.4) is 0 Å². The van der Waals surface area contributed by atoms with Crippen LogP contribution in [0.2, 0.25) is 0 Å². The zero-order valence-corrected chi connectivity index (χ0v) is 42.5. The van der Waals surface area contributed by atoms with E-state index in [2.05, 4.69) is 16.1 Å². The molecule has 0 bridgehead atoms. The van der Waals surface area contributed by atoms with Gasteiger partial charge in [-0.2, -0.15) is 13.2 Å². The lowest BCUT2D eigenvalue weighted by molar-refractivity contribution is -0.244. The van der Waals surface area contributed by atoms with Gasteiger partial charge in [-0.05, 0) is 145 Å². The van der Waals surface area contributed by atoms with E-state index in [1.165, 1.54) is 19.1 Å². The van der Waals surface area contributed by atoms with Gasteiger partial charge in [0.25, 0.3) is 0 Å². The predicted octanol–water partition coefficient (Wildman–Crippen LogP) is 8.00. The number of hydrogen-bond donors (Lipinski definition) is 3. The highest BCUT2D eigenvalue weighted by atomic mass is 32.2. The number of allylic oxidation sites excluding steroid dienone is 2. The van der Waals surface area contributed by atoms with Crippen molar-refractivity contribution in [3.8, 4) is 34.4 Å². The summed E-state index contributed by atoms with van der Waals surface area (Å²) in [7, 11) is -0.661. The number of hydrogen-bond acceptors (Lipinski definition) is 12. The van der Waals surface area contributed by atoms with Crippen LogP contribution in [0.5, 0.6) is 23.1 Å². The molecule has 3 aliphatic carbocycles. The van der Waals surface area contributed by atoms with Crippen molar-refractivity contribution in [3.63, 3.8) is 0 Å². The third-order valence-corrected chi connectivity index (χ3v) is 16.7. The molecule has 2 heterocycles. The number of ether oxygens (including phenoxy) is 5. The number of alkyl carbamates (subject to hydrolysis) is 1. The summed E-state index contributed by atoms with van der Waals surface area (Å²) in [4.78, 5) is 60.1. The number of carbonyl (C=O) groups is 4. The number of nitrogens with two attached hydrogens (primary N) is 1. The first-order chi connectivity index (χ1) is 33.2. The Bertz CT molecular complexity index is 2660. The topological polar surface area (TPSA) is 215 Å². The molecule has 4 aliphatic rings. The molecule has 1 aliphatic heterocycles. The number of nitrogens with one attached hydrogen (secondary N) is 2. The van der Waals surface area contributed by atoms with E-state index in [1.807, 2.05) is 39.0 Å². The molecule has 0 radical (unpaired) electrons. The minimum Gasteiger partial charge on any atom is -0.497 e. The Kier molecular flexibility index (Phi) is 14.9. The number of amides is 4. The van der Waals surface area contributed by atoms with Gasteiger partial charge in [-0.15, -0.1) is 0 Å². The van der Waals surface area contributed by atoms with E-state index < -0.39 is 74.5 Å². The average molecular weight is 1010 g/mol. The lowest BCUT2D eigenvalue weighted by Gasteiger charge is -2.33. The number of fused-ring (bicyclic) bond motifs is 1. The molecule has 8 atom stereocenters. The molecule has 1 aromatic heterocycles. The lowest BCUT2D eigenvalue weighted by Crippen LogP contribution is -2.56. The lowest BCUT2D eigenvalue weighted by atomic mass is 9.88. The van der Waals surface area contributed by atoms with Crippen LogP contribution in [0, 0.1) is 29.1 Å². The van der Waals surface area contributed by atoms with E-state index in [4.69, 9.17) is 34.4 Å². The number of sulfonamides is 1. The van der Waals surface area contributed by atoms with Crippen molar-refractivity contribution in [1.82, 2.24) is 19.9 Å². The molecule has 20 heteroatoms. The molecule has 388 valence electrons. The quantitative estimate of drug-likeness (QED) is 0.0866. The zero-order chi connectivity index (χ0) is 52.0. The van der Waals surface area contributed by atoms with Gasteiger partial charge in [-0.25, -0.2) is 18.2 Å². The number of likely N-dealkylation sites (tertiary alicyclic amines) is 1. The highest BCUT2D eigenvalue weighted by Gasteiger charge is 2.72. The monoisotopic (exact) mass is 1010 g/mol. The zero-order valence-electron chi connectivity index (χ0n) is 41.7. The van der Waals surface area contributed by atoms with Gasteiger partial charge in [0.2, 0.25) is 39.2 Å². The summed E-state index contributed by atoms with van der Waals surface area (Å²) in [6.45, 7) is 10.3. The molecule has 1 spiro atoms. The highest BCUT2D eigenvalue weighted by Crippen LogP contribution is 2.75. The first kappa shape index (κ1) is 53.0. The van der Waals surface area contributed by atoms with Gasteiger partial charge in [-0.3, -0.25) is 19.1 Å². The molecule has 1 unspecified atom stereocenters. The average Bonchev–Trinajstić information content (AvgIpc) is 4.26. The van der Waals surface area contributed by atoms with Gasteiger partial charge in [0.15, 0.2) is 5.75 Å². The molecule has 4 fully saturated rings. The van der Waals surface area contributed by atoms with Crippen LogP contribution >= 0.6 is 0 Å². The summed E-state index contributed by atoms with van der Waals surface area (Å²) >= 11 is 0. The second-order valence-corrected chi connectivity index (χ2v) is 23.0. The summed E-state index contributed by atoms with van der Waals surface area (Å²) in [6.07, 6.45) is 0.819. The second kappa shape index (κ2) is 20.0. The molecule has 3 saturated carbocycles. The summed E-state index contributed by atoms with van der Waals surface area (Å²) in [5, 5.41) is 3.54. The maximum Gasteiger partial charge on any atom is 0.427 e. The third kappa shape index (κ3) is 11.5. The Morgan fingerprint density at radius 1 is 0.972 bits per heavy atom. The van der Waals surface area contributed by atoms with E-state index in [1.54, 1.807) is 44.2 Å². The van der Waals surface area contributed by atoms with Gasteiger partial charge >= 0.3 is 12.3 Å². The number of pyridine rings is 1. The molecule has 4 amide bonds. The highest BCUT2D eigenvalue weighted by molar-refractivity contribution is 7.91. The summed E-state index contributed by atoms with van der Waals surface area (Å²) in [5.41, 5.74) is 3.91. The van der Waals surface area contributed by atoms with Crippen molar-refractivity contribution in [3.05, 3.63) is 54.6 Å². The Balaban J connectivity index is 1.06. The molecular formula is C51H66F3N5O11S. The van der Waals surface area contributed by atoms with Crippen LogP contribution in [0.1, 0.15) is 99.8 Å². The number of benzene rings is 2. The van der Waals surface area contributed by atoms with Crippen LogP contribution in [-0.4, -0.2) is 104 Å². The van der Waals surface area contributed by atoms with E-state index in [9.17, 15) is 40.8 Å². The Morgan fingerprint density at radius 2 is 1.65 bits per heavy atom. The summed E-state index contributed by atoms with van der Waals surface area (Å²) in [6, 6.07) is 9.85. The van der Waals surface area contributed by atoms with Crippen LogP contribution in [0.15, 0.2) is 54.6 Å². The Morgan fingerprint density at radius 3 is 2.25 bits per heavy atom.